The SMILES string of the molecule is CC[C@@]12OC(=O)C[C@]1(C)[C@H]1CC(/C=C3/C(=O)OC(C)(C)[C@@H]3CCI)=C[C@H]1O2. The Kier molecular flexibility index (Phi) is 4.54. The number of halogens is 1. The van der Waals surface area contributed by atoms with Gasteiger partial charge in [-0.25, -0.2) is 4.79 Å². The first-order valence-electron chi connectivity index (χ1n) is 9.77. The summed E-state index contributed by atoms with van der Waals surface area (Å²) in [5.41, 5.74) is 1.10. The Morgan fingerprint density at radius 1 is 1.26 bits per heavy atom. The van der Waals surface area contributed by atoms with Crippen molar-refractivity contribution in [2.24, 2.45) is 17.3 Å². The van der Waals surface area contributed by atoms with E-state index >= 15 is 0 Å². The quantitative estimate of drug-likeness (QED) is 0.259. The zero-order valence-electron chi connectivity index (χ0n) is 16.3. The first-order valence-corrected chi connectivity index (χ1v) is 11.3. The fourth-order valence-corrected chi connectivity index (χ4v) is 6.18. The molecule has 5 atom stereocenters. The molecule has 1 aliphatic carbocycles. The molecule has 0 aromatic carbocycles. The summed E-state index contributed by atoms with van der Waals surface area (Å²) in [5.74, 6) is -0.878. The number of hydrogen-bond donors (Lipinski definition) is 0. The fraction of sp³-hybridized carbons (Fsp3) is 0.714. The van der Waals surface area contributed by atoms with Gasteiger partial charge in [0.1, 0.15) is 5.60 Å². The molecule has 0 spiro atoms. The highest BCUT2D eigenvalue weighted by Gasteiger charge is 2.69. The molecule has 0 N–H and O–H groups in total. The van der Waals surface area contributed by atoms with Gasteiger partial charge in [0, 0.05) is 33.7 Å². The van der Waals surface area contributed by atoms with E-state index in [1.165, 1.54) is 0 Å². The van der Waals surface area contributed by atoms with Crippen molar-refractivity contribution in [1.82, 2.24) is 0 Å². The Morgan fingerprint density at radius 2 is 2.00 bits per heavy atom. The van der Waals surface area contributed by atoms with Gasteiger partial charge in [0.05, 0.1) is 12.5 Å². The molecule has 27 heavy (non-hydrogen) atoms. The summed E-state index contributed by atoms with van der Waals surface area (Å²) in [6.07, 6.45) is 6.84. The van der Waals surface area contributed by atoms with E-state index in [1.807, 2.05) is 26.8 Å². The van der Waals surface area contributed by atoms with Gasteiger partial charge in [0.25, 0.3) is 0 Å². The molecule has 0 bridgehead atoms. The number of esters is 2. The summed E-state index contributed by atoms with van der Waals surface area (Å²) < 4.78 is 18.5. The number of rotatable bonds is 4. The van der Waals surface area contributed by atoms with E-state index in [1.54, 1.807) is 0 Å². The summed E-state index contributed by atoms with van der Waals surface area (Å²) in [5, 5.41) is 0. The Hall–Kier alpha value is -0.890. The van der Waals surface area contributed by atoms with E-state index in [0.717, 1.165) is 28.4 Å². The molecule has 3 aliphatic heterocycles. The summed E-state index contributed by atoms with van der Waals surface area (Å²) in [6, 6.07) is 0. The van der Waals surface area contributed by atoms with Gasteiger partial charge >= 0.3 is 11.9 Å². The Bertz CT molecular complexity index is 754. The highest BCUT2D eigenvalue weighted by Crippen LogP contribution is 2.62. The van der Waals surface area contributed by atoms with Crippen molar-refractivity contribution in [2.75, 3.05) is 4.43 Å². The standard InChI is InChI=1S/C21H27IO5/c1-5-21-20(4,11-17(23)26-21)15-9-12(10-16(15)25-21)8-13-14(6-7-22)19(2,3)27-18(13)24/h8,10,14-16H,5-7,9,11H2,1-4H3/b13-8+/t14-,15+,16-,20-,21-/m1/s1. The molecular weight excluding hydrogens is 459 g/mol. The summed E-state index contributed by atoms with van der Waals surface area (Å²) in [6.45, 7) is 8.10. The minimum Gasteiger partial charge on any atom is -0.456 e. The molecule has 0 saturated carbocycles. The van der Waals surface area contributed by atoms with Gasteiger partial charge in [-0.3, -0.25) is 4.79 Å². The average molecular weight is 486 g/mol. The van der Waals surface area contributed by atoms with Crippen LogP contribution in [0, 0.1) is 17.3 Å². The number of hydrogen-bond acceptors (Lipinski definition) is 5. The van der Waals surface area contributed by atoms with Crippen molar-refractivity contribution in [3.8, 4) is 0 Å². The lowest BCUT2D eigenvalue weighted by atomic mass is 9.69. The second-order valence-electron chi connectivity index (χ2n) is 8.93. The van der Waals surface area contributed by atoms with Gasteiger partial charge < -0.3 is 14.2 Å². The molecule has 6 heteroatoms. The maximum atomic E-state index is 12.5. The van der Waals surface area contributed by atoms with Crippen molar-refractivity contribution in [1.29, 1.82) is 0 Å². The molecule has 0 aromatic heterocycles. The van der Waals surface area contributed by atoms with E-state index in [0.29, 0.717) is 12.8 Å². The maximum absolute atomic E-state index is 12.5. The Balaban J connectivity index is 1.62. The van der Waals surface area contributed by atoms with Gasteiger partial charge in [-0.1, -0.05) is 42.5 Å². The van der Waals surface area contributed by atoms with E-state index in [-0.39, 0.29) is 35.3 Å². The third kappa shape index (κ3) is 2.73. The smallest absolute Gasteiger partial charge is 0.335 e. The maximum Gasteiger partial charge on any atom is 0.335 e. The van der Waals surface area contributed by atoms with Gasteiger partial charge in [-0.15, -0.1) is 0 Å². The van der Waals surface area contributed by atoms with Gasteiger partial charge in [0.2, 0.25) is 5.79 Å². The number of carbonyl (C=O) groups is 2. The van der Waals surface area contributed by atoms with Crippen LogP contribution in [0.1, 0.15) is 53.4 Å². The van der Waals surface area contributed by atoms with Crippen molar-refractivity contribution < 1.29 is 23.8 Å². The second-order valence-corrected chi connectivity index (χ2v) is 10.0. The number of ether oxygens (including phenoxy) is 3. The molecule has 0 aromatic rings. The summed E-state index contributed by atoms with van der Waals surface area (Å²) >= 11 is 2.35. The summed E-state index contributed by atoms with van der Waals surface area (Å²) in [7, 11) is 0. The zero-order chi connectivity index (χ0) is 19.6. The van der Waals surface area contributed by atoms with Crippen LogP contribution < -0.4 is 0 Å². The van der Waals surface area contributed by atoms with Crippen LogP contribution in [0.15, 0.2) is 23.3 Å². The first kappa shape index (κ1) is 19.4. The number of fused-ring (bicyclic) bond motifs is 3. The molecule has 0 amide bonds. The van der Waals surface area contributed by atoms with Crippen LogP contribution in [0.25, 0.3) is 0 Å². The molecule has 3 fully saturated rings. The van der Waals surface area contributed by atoms with Crippen LogP contribution in [0.5, 0.6) is 0 Å². The number of carbonyl (C=O) groups excluding carboxylic acids is 2. The third-order valence-corrected chi connectivity index (χ3v) is 7.67. The molecule has 5 nitrogen and oxygen atoms in total. The lowest BCUT2D eigenvalue weighted by molar-refractivity contribution is -0.224. The number of allylic oxidation sites excluding steroid dienone is 2. The summed E-state index contributed by atoms with van der Waals surface area (Å²) in [4.78, 5) is 24.5. The van der Waals surface area contributed by atoms with E-state index in [4.69, 9.17) is 14.2 Å². The number of cyclic esters (lactones) is 1. The molecule has 3 heterocycles. The zero-order valence-corrected chi connectivity index (χ0v) is 18.5. The third-order valence-electron chi connectivity index (χ3n) is 7.05. The molecule has 4 rings (SSSR count). The predicted molar refractivity (Wildman–Crippen MR) is 108 cm³/mol. The molecule has 148 valence electrons. The number of alkyl halides is 1. The van der Waals surface area contributed by atoms with Crippen molar-refractivity contribution in [2.45, 2.75) is 70.9 Å². The van der Waals surface area contributed by atoms with Crippen molar-refractivity contribution >= 4 is 34.5 Å². The van der Waals surface area contributed by atoms with Crippen molar-refractivity contribution in [3.63, 3.8) is 0 Å². The highest BCUT2D eigenvalue weighted by molar-refractivity contribution is 14.1. The van der Waals surface area contributed by atoms with Crippen LogP contribution in [0.3, 0.4) is 0 Å². The predicted octanol–water partition coefficient (Wildman–Crippen LogP) is 4.09. The molecule has 3 saturated heterocycles. The van der Waals surface area contributed by atoms with Crippen LogP contribution in [-0.2, 0) is 23.8 Å². The molecule has 0 unspecified atom stereocenters. The normalized spacial score (nSPS) is 43.5. The van der Waals surface area contributed by atoms with E-state index < -0.39 is 11.4 Å². The van der Waals surface area contributed by atoms with Gasteiger partial charge in [0.15, 0.2) is 0 Å². The molecule has 4 aliphatic rings. The largest absolute Gasteiger partial charge is 0.456 e. The minimum absolute atomic E-state index is 0.0663. The lowest BCUT2D eigenvalue weighted by Crippen LogP contribution is -2.42. The van der Waals surface area contributed by atoms with Crippen LogP contribution in [0.4, 0.5) is 0 Å². The van der Waals surface area contributed by atoms with E-state index in [2.05, 4.69) is 35.6 Å². The molecule has 0 radical (unpaired) electrons. The first-order chi connectivity index (χ1) is 12.7. The van der Waals surface area contributed by atoms with E-state index in [9.17, 15) is 9.59 Å². The highest BCUT2D eigenvalue weighted by atomic mass is 127. The Labute approximate surface area is 174 Å². The lowest BCUT2D eigenvalue weighted by Gasteiger charge is -2.35. The minimum atomic E-state index is -0.799. The second kappa shape index (κ2) is 6.31. The van der Waals surface area contributed by atoms with Crippen LogP contribution in [0.2, 0.25) is 0 Å². The van der Waals surface area contributed by atoms with Crippen LogP contribution >= 0.6 is 22.6 Å². The topological polar surface area (TPSA) is 61.8 Å². The molecular formula is C21H27IO5. The average Bonchev–Trinajstić information content (AvgIpc) is 3.20. The van der Waals surface area contributed by atoms with Crippen molar-refractivity contribution in [3.05, 3.63) is 23.3 Å². The van der Waals surface area contributed by atoms with Gasteiger partial charge in [-0.2, -0.15) is 0 Å². The monoisotopic (exact) mass is 486 g/mol. The van der Waals surface area contributed by atoms with Gasteiger partial charge in [-0.05, 0) is 38.3 Å². The fourth-order valence-electron chi connectivity index (χ4n) is 5.56. The Morgan fingerprint density at radius 3 is 2.67 bits per heavy atom. The van der Waals surface area contributed by atoms with Crippen LogP contribution in [-0.4, -0.2) is 33.9 Å².